The van der Waals surface area contributed by atoms with Gasteiger partial charge in [0.15, 0.2) is 64.4 Å². The van der Waals surface area contributed by atoms with Crippen molar-refractivity contribution in [1.29, 1.82) is 0 Å². The number of aliphatic hydroxyl groups is 2. The van der Waals surface area contributed by atoms with Gasteiger partial charge in [-0.1, -0.05) is 24.3 Å². The topological polar surface area (TPSA) is 380 Å². The summed E-state index contributed by atoms with van der Waals surface area (Å²) in [5, 5.41) is 36.6. The minimum atomic E-state index is -3.80. The fraction of sp³-hybridized carbons (Fsp3) is 0.358. The predicted molar refractivity (Wildman–Crippen MR) is 308 cm³/mol. The Morgan fingerprint density at radius 1 is 0.576 bits per heavy atom. The third kappa shape index (κ3) is 13.6. The maximum absolute atomic E-state index is 12.9. The van der Waals surface area contributed by atoms with Gasteiger partial charge in [-0.25, -0.2) is 56.3 Å². The standard InChI is InChI=1S/C28H34N8O7S.C25H30N8O7S/c1-6-13-35(14-7-2)44(39,40)18-11-9-17(10-12-18)33-27(38)34-23-19-24(31-15-30-23)36(16-32-19)26-22-20(42-28(4,5)43-22)21(41-26)25(37)29-8-3;1-4-11-32(12-5-2)41(38,39)16-9-7-15(8-10-16)30-25(37)31-21-17-22(28-13-27-21)33(14-29-17)24-19(35)18(34)20(40-24)23(36)26-6-3/h6-7,9-12,15-16,20-22,26H,1-2,8,13-14H2,3-5H3,(H,29,37)(H2,30,31,33,34,38);4-5,7-10,13-14,18-20,24,34-35H,1-2,6,11-12H2,3H3,(H,26,36)(H2,27,28,30,31,37)/t20-,21+,22-,26-;18-,19+,20-,24+/m10/s1. The molecule has 8 N–H and O–H groups in total. The van der Waals surface area contributed by atoms with Crippen LogP contribution in [0.1, 0.15) is 40.2 Å². The number of amides is 6. The molecule has 32 heteroatoms. The number of anilines is 4. The van der Waals surface area contributed by atoms with Crippen LogP contribution in [0.4, 0.5) is 32.6 Å². The van der Waals surface area contributed by atoms with Crippen LogP contribution in [0.25, 0.3) is 22.3 Å². The lowest BCUT2D eigenvalue weighted by atomic mass is 10.1. The third-order valence-electron chi connectivity index (χ3n) is 13.0. The number of nitrogens with one attached hydrogen (secondary N) is 6. The number of rotatable bonds is 22. The highest BCUT2D eigenvalue weighted by Crippen LogP contribution is 2.44. The SMILES string of the molecule is C=CCN(CC=C)S(=O)(=O)c1ccc(NC(=O)Nc2ncnc3c2ncn3[C@@H]2O[C@H](C(=O)NCC)[C@@H](O)[C@H]2O)cc1.C=CCN(CC=C)S(=O)(=O)c1ccc(NC(=O)Nc2ncnc3c2ncn3[C@@H]2O[C@H](C(=O)NCC)[C@H]3OC(C)(C)O[C@H]32)cc1. The van der Waals surface area contributed by atoms with Gasteiger partial charge in [0.05, 0.1) is 22.4 Å². The highest BCUT2D eigenvalue weighted by Gasteiger charge is 2.58. The van der Waals surface area contributed by atoms with Crippen molar-refractivity contribution in [2.75, 3.05) is 60.5 Å². The Balaban J connectivity index is 0.000000222. The van der Waals surface area contributed by atoms with Gasteiger partial charge in [-0.05, 0) is 76.2 Å². The van der Waals surface area contributed by atoms with Crippen molar-refractivity contribution in [3.8, 4) is 0 Å². The Labute approximate surface area is 488 Å². The van der Waals surface area contributed by atoms with E-state index >= 15 is 0 Å². The number of urea groups is 2. The Morgan fingerprint density at radius 2 is 0.976 bits per heavy atom. The van der Waals surface area contributed by atoms with Crippen molar-refractivity contribution in [2.45, 2.75) is 92.4 Å². The number of likely N-dealkylation sites (N-methyl/N-ethyl adjacent to an activating group) is 2. The molecule has 3 fully saturated rings. The number of fused-ring (bicyclic) bond motifs is 3. The maximum atomic E-state index is 12.9. The van der Waals surface area contributed by atoms with Crippen molar-refractivity contribution in [2.24, 2.45) is 0 Å². The van der Waals surface area contributed by atoms with Gasteiger partial charge in [-0.15, -0.1) is 26.3 Å². The number of hydrogen-bond acceptors (Lipinski definition) is 20. The smallest absolute Gasteiger partial charge is 0.324 e. The molecule has 3 aliphatic heterocycles. The summed E-state index contributed by atoms with van der Waals surface area (Å²) in [4.78, 5) is 75.9. The van der Waals surface area contributed by atoms with Gasteiger partial charge in [-0.2, -0.15) is 8.61 Å². The molecule has 30 nitrogen and oxygen atoms in total. The third-order valence-corrected chi connectivity index (χ3v) is 16.7. The summed E-state index contributed by atoms with van der Waals surface area (Å²) in [7, 11) is -7.58. The molecule has 6 aromatic rings. The van der Waals surface area contributed by atoms with Crippen LogP contribution in [0.2, 0.25) is 0 Å². The minimum absolute atomic E-state index is 0.0308. The lowest BCUT2D eigenvalue weighted by molar-refractivity contribution is -0.197. The first-order chi connectivity index (χ1) is 40.6. The van der Waals surface area contributed by atoms with E-state index < -0.39 is 92.9 Å². The molecule has 6 amide bonds. The van der Waals surface area contributed by atoms with E-state index in [0.717, 1.165) is 6.33 Å². The highest BCUT2D eigenvalue weighted by molar-refractivity contribution is 7.89. The first-order valence-electron chi connectivity index (χ1n) is 26.3. The van der Waals surface area contributed by atoms with Crippen LogP contribution >= 0.6 is 0 Å². The number of aliphatic hydroxyl groups excluding tert-OH is 2. The average molecular weight is 1210 g/mol. The number of carbonyl (C=O) groups is 4. The van der Waals surface area contributed by atoms with E-state index in [1.807, 2.05) is 6.92 Å². The van der Waals surface area contributed by atoms with E-state index in [2.05, 4.69) is 88.1 Å². The van der Waals surface area contributed by atoms with Gasteiger partial charge in [-0.3, -0.25) is 29.4 Å². The molecular weight excluding hydrogens is 1150 g/mol. The van der Waals surface area contributed by atoms with Crippen LogP contribution in [0.15, 0.2) is 134 Å². The second-order valence-corrected chi connectivity index (χ2v) is 23.2. The van der Waals surface area contributed by atoms with Crippen molar-refractivity contribution < 1.29 is 65.2 Å². The number of nitrogens with zero attached hydrogens (tertiary/aromatic N) is 10. The molecule has 0 unspecified atom stereocenters. The van der Waals surface area contributed by atoms with Gasteiger partial charge in [0.2, 0.25) is 20.0 Å². The molecule has 0 aliphatic carbocycles. The van der Waals surface area contributed by atoms with Crippen molar-refractivity contribution in [3.05, 3.63) is 124 Å². The molecule has 4 aromatic heterocycles. The number of ether oxygens (including phenoxy) is 4. The first-order valence-corrected chi connectivity index (χ1v) is 29.2. The van der Waals surface area contributed by atoms with Gasteiger partial charge in [0.1, 0.15) is 37.1 Å². The van der Waals surface area contributed by atoms with Crippen LogP contribution in [-0.4, -0.2) is 180 Å². The van der Waals surface area contributed by atoms with Crippen molar-refractivity contribution in [3.63, 3.8) is 0 Å². The summed E-state index contributed by atoms with van der Waals surface area (Å²) in [6.07, 6.45) is 2.71. The Hall–Kier alpha value is -8.44. The summed E-state index contributed by atoms with van der Waals surface area (Å²) < 4.78 is 80.9. The minimum Gasteiger partial charge on any atom is -0.387 e. The molecule has 85 heavy (non-hydrogen) atoms. The number of sulfonamides is 2. The van der Waals surface area contributed by atoms with Gasteiger partial charge < -0.3 is 50.4 Å². The molecule has 0 radical (unpaired) electrons. The molecule has 2 aromatic carbocycles. The summed E-state index contributed by atoms with van der Waals surface area (Å²) in [5.74, 6) is -1.68. The second-order valence-electron chi connectivity index (χ2n) is 19.3. The molecule has 7 heterocycles. The maximum Gasteiger partial charge on any atom is 0.324 e. The van der Waals surface area contributed by atoms with Crippen LogP contribution in [-0.2, 0) is 48.6 Å². The summed E-state index contributed by atoms with van der Waals surface area (Å²) >= 11 is 0. The molecule has 0 bridgehead atoms. The Kier molecular flexibility index (Phi) is 19.6. The van der Waals surface area contributed by atoms with Gasteiger partial charge >= 0.3 is 12.1 Å². The number of benzene rings is 2. The zero-order valence-corrected chi connectivity index (χ0v) is 48.1. The summed E-state index contributed by atoms with van der Waals surface area (Å²) in [5.41, 5.74) is 1.58. The Bertz CT molecular complexity index is 3680. The second kappa shape index (κ2) is 26.6. The van der Waals surface area contributed by atoms with Crippen molar-refractivity contribution >= 4 is 89.3 Å². The summed E-state index contributed by atoms with van der Waals surface area (Å²) in [6, 6.07) is 10.0. The average Bonchev–Trinajstić information content (AvgIpc) is 1.94. The molecule has 452 valence electrons. The van der Waals surface area contributed by atoms with Crippen LogP contribution in [0, 0.1) is 0 Å². The molecular formula is C53H64N16O14S2. The molecule has 0 spiro atoms. The number of hydrogen-bond donors (Lipinski definition) is 8. The molecule has 3 aliphatic rings. The fourth-order valence-electron chi connectivity index (χ4n) is 9.30. The zero-order valence-electron chi connectivity index (χ0n) is 46.5. The first kappa shape index (κ1) is 62.6. The fourth-order valence-corrected chi connectivity index (χ4v) is 12.1. The van der Waals surface area contributed by atoms with Crippen molar-refractivity contribution in [1.82, 2.24) is 58.3 Å². The van der Waals surface area contributed by atoms with E-state index in [-0.39, 0.29) is 70.2 Å². The van der Waals surface area contributed by atoms with E-state index in [1.165, 1.54) is 105 Å². The number of imidazole rings is 2. The van der Waals surface area contributed by atoms with Crippen LogP contribution < -0.4 is 31.9 Å². The van der Waals surface area contributed by atoms with Gasteiger partial charge in [0, 0.05) is 50.6 Å². The lowest BCUT2D eigenvalue weighted by Crippen LogP contribution is -2.42. The molecule has 3 saturated heterocycles. The van der Waals surface area contributed by atoms with E-state index in [0.29, 0.717) is 30.1 Å². The lowest BCUT2D eigenvalue weighted by Gasteiger charge is -2.24. The van der Waals surface area contributed by atoms with Crippen LogP contribution in [0.3, 0.4) is 0 Å². The largest absolute Gasteiger partial charge is 0.387 e. The number of aromatic nitrogens is 8. The van der Waals surface area contributed by atoms with E-state index in [4.69, 9.17) is 18.9 Å². The highest BCUT2D eigenvalue weighted by atomic mass is 32.2. The molecule has 8 atom stereocenters. The van der Waals surface area contributed by atoms with E-state index in [1.54, 1.807) is 25.3 Å². The molecule has 9 rings (SSSR count). The van der Waals surface area contributed by atoms with E-state index in [9.17, 15) is 46.2 Å². The zero-order chi connectivity index (χ0) is 61.4. The summed E-state index contributed by atoms with van der Waals surface area (Å²) in [6.45, 7) is 22.6. The monoisotopic (exact) mass is 1210 g/mol. The predicted octanol–water partition coefficient (Wildman–Crippen LogP) is 2.97. The Morgan fingerprint density at radius 3 is 1.40 bits per heavy atom. The normalized spacial score (nSPS) is 21.6. The van der Waals surface area contributed by atoms with Crippen LogP contribution in [0.5, 0.6) is 0 Å². The number of carbonyl (C=O) groups excluding carboxylic acids is 4. The van der Waals surface area contributed by atoms with Gasteiger partial charge in [0.25, 0.3) is 11.8 Å². The quantitative estimate of drug-likeness (QED) is 0.0453. The molecule has 0 saturated carbocycles.